The summed E-state index contributed by atoms with van der Waals surface area (Å²) in [7, 11) is -1.13. The molecule has 9 nitrogen and oxygen atoms in total. The van der Waals surface area contributed by atoms with E-state index in [-0.39, 0.29) is 23.0 Å². The van der Waals surface area contributed by atoms with Crippen LogP contribution in [0.4, 0.5) is 13.2 Å². The number of likely N-dealkylation sites (N-methyl/N-ethyl adjacent to an activating group) is 2. The smallest absolute Gasteiger partial charge is 0.342 e. The molecule has 13 heteroatoms. The van der Waals surface area contributed by atoms with Crippen molar-refractivity contribution in [1.82, 2.24) is 20.3 Å². The molecule has 0 heterocycles. The van der Waals surface area contributed by atoms with Crippen molar-refractivity contribution in [1.29, 1.82) is 0 Å². The van der Waals surface area contributed by atoms with Crippen molar-refractivity contribution in [2.75, 3.05) is 14.1 Å². The number of nitrogens with one attached hydrogen (secondary N) is 3. The van der Waals surface area contributed by atoms with Crippen LogP contribution in [0, 0.1) is 11.3 Å². The number of halogens is 3. The van der Waals surface area contributed by atoms with Gasteiger partial charge in [-0.05, 0) is 42.5 Å². The standard InChI is InChI=1S/C35H49F3N4O5S/c1-22(2)27(19-23(3)30(43)41-48(46,47)21-24-15-14-18-26(20-24)35(36,37)38)42(10)32(45)29(33(4,5)6)40-31(44)28(39-9)34(7,8)25-16-12-11-13-17-25/h11-20,22,27-29,39H,21H2,1-10H3,(H,40,44)(H,41,43)/b23-19+/t27-,28-,29-/m1/s1. The van der Waals surface area contributed by atoms with Crippen LogP contribution >= 0.6 is 0 Å². The molecule has 0 fully saturated rings. The number of rotatable bonds is 13. The Hall–Kier alpha value is -3.71. The molecule has 3 atom stereocenters. The van der Waals surface area contributed by atoms with Gasteiger partial charge in [0.15, 0.2) is 0 Å². The first-order valence-corrected chi connectivity index (χ1v) is 17.3. The minimum absolute atomic E-state index is 0.0165. The van der Waals surface area contributed by atoms with Crippen LogP contribution in [0.25, 0.3) is 0 Å². The second-order valence-electron chi connectivity index (χ2n) is 14.0. The number of sulfonamides is 1. The molecule has 3 N–H and O–H groups in total. The molecule has 0 aliphatic carbocycles. The highest BCUT2D eigenvalue weighted by atomic mass is 32.2. The Morgan fingerprint density at radius 3 is 1.96 bits per heavy atom. The lowest BCUT2D eigenvalue weighted by atomic mass is 9.76. The van der Waals surface area contributed by atoms with E-state index in [0.717, 1.165) is 17.7 Å². The zero-order valence-corrected chi connectivity index (χ0v) is 30.1. The molecular formula is C35H49F3N4O5S. The second-order valence-corrected chi connectivity index (χ2v) is 15.8. The van der Waals surface area contributed by atoms with Gasteiger partial charge in [0.1, 0.15) is 6.04 Å². The quantitative estimate of drug-likeness (QED) is 0.249. The predicted octanol–water partition coefficient (Wildman–Crippen LogP) is 5.18. The molecule has 0 bridgehead atoms. The van der Waals surface area contributed by atoms with Gasteiger partial charge in [0.05, 0.1) is 23.4 Å². The zero-order valence-electron chi connectivity index (χ0n) is 29.3. The van der Waals surface area contributed by atoms with Gasteiger partial charge in [0, 0.05) is 18.0 Å². The van der Waals surface area contributed by atoms with Crippen LogP contribution in [0.1, 0.15) is 72.1 Å². The van der Waals surface area contributed by atoms with Gasteiger partial charge in [-0.2, -0.15) is 13.2 Å². The van der Waals surface area contributed by atoms with Crippen molar-refractivity contribution in [3.63, 3.8) is 0 Å². The number of carbonyl (C=O) groups is 3. The predicted molar refractivity (Wildman–Crippen MR) is 181 cm³/mol. The average Bonchev–Trinajstić information content (AvgIpc) is 2.97. The van der Waals surface area contributed by atoms with E-state index < -0.39 is 68.3 Å². The summed E-state index contributed by atoms with van der Waals surface area (Å²) in [6, 6.07) is 11.1. The Labute approximate surface area is 282 Å². The molecule has 0 unspecified atom stereocenters. The molecule has 0 radical (unpaired) electrons. The maximum atomic E-state index is 14.1. The highest BCUT2D eigenvalue weighted by Crippen LogP contribution is 2.31. The first-order valence-electron chi connectivity index (χ1n) is 15.6. The van der Waals surface area contributed by atoms with E-state index in [1.54, 1.807) is 14.1 Å². The number of hydrogen-bond donors (Lipinski definition) is 3. The van der Waals surface area contributed by atoms with Crippen molar-refractivity contribution in [2.24, 2.45) is 11.3 Å². The van der Waals surface area contributed by atoms with Gasteiger partial charge in [-0.25, -0.2) is 13.1 Å². The average molecular weight is 695 g/mol. The van der Waals surface area contributed by atoms with E-state index in [1.165, 1.54) is 24.0 Å². The van der Waals surface area contributed by atoms with Crippen molar-refractivity contribution in [3.05, 3.63) is 82.9 Å². The summed E-state index contributed by atoms with van der Waals surface area (Å²) in [5.41, 5.74) is -1.57. The maximum Gasteiger partial charge on any atom is 0.416 e. The lowest BCUT2D eigenvalue weighted by Crippen LogP contribution is -2.61. The summed E-state index contributed by atoms with van der Waals surface area (Å²) >= 11 is 0. The maximum absolute atomic E-state index is 14.1. The van der Waals surface area contributed by atoms with Crippen LogP contribution in [-0.4, -0.2) is 63.3 Å². The SMILES string of the molecule is CN[C@H](C(=O)N[C@H](C(=O)N(C)[C@H](/C=C(\C)C(=O)NS(=O)(=O)Cc1cccc(C(F)(F)F)c1)C(C)C)C(C)(C)C)C(C)(C)c1ccccc1. The molecule has 3 amide bonds. The molecule has 0 aliphatic rings. The third-order valence-electron chi connectivity index (χ3n) is 8.31. The summed E-state index contributed by atoms with van der Waals surface area (Å²) < 4.78 is 66.6. The topological polar surface area (TPSA) is 125 Å². The third kappa shape index (κ3) is 10.6. The minimum Gasteiger partial charge on any atom is -0.342 e. The fourth-order valence-electron chi connectivity index (χ4n) is 5.48. The molecule has 266 valence electrons. The van der Waals surface area contributed by atoms with Crippen LogP contribution in [0.5, 0.6) is 0 Å². The Bertz CT molecular complexity index is 1580. The largest absolute Gasteiger partial charge is 0.416 e. The molecular weight excluding hydrogens is 645 g/mol. The van der Waals surface area contributed by atoms with Gasteiger partial charge in [-0.15, -0.1) is 0 Å². The number of nitrogens with zero attached hydrogens (tertiary/aromatic N) is 1. The van der Waals surface area contributed by atoms with Gasteiger partial charge in [-0.1, -0.05) is 103 Å². The fourth-order valence-corrected chi connectivity index (χ4v) is 6.61. The van der Waals surface area contributed by atoms with E-state index in [4.69, 9.17) is 0 Å². The van der Waals surface area contributed by atoms with Gasteiger partial charge in [0.2, 0.25) is 21.8 Å². The van der Waals surface area contributed by atoms with Crippen molar-refractivity contribution >= 4 is 27.7 Å². The normalized spacial score (nSPS) is 15.0. The molecule has 2 aromatic rings. The Balaban J connectivity index is 2.29. The number of alkyl halides is 3. The van der Waals surface area contributed by atoms with Crippen LogP contribution in [0.3, 0.4) is 0 Å². The van der Waals surface area contributed by atoms with E-state index >= 15 is 0 Å². The summed E-state index contributed by atoms with van der Waals surface area (Å²) in [4.78, 5) is 42.2. The Morgan fingerprint density at radius 1 is 0.896 bits per heavy atom. The molecule has 2 rings (SSSR count). The molecule has 0 aliphatic heterocycles. The summed E-state index contributed by atoms with van der Waals surface area (Å²) in [6.07, 6.45) is -3.19. The monoisotopic (exact) mass is 694 g/mol. The van der Waals surface area contributed by atoms with Crippen molar-refractivity contribution in [3.8, 4) is 0 Å². The second kappa shape index (κ2) is 15.7. The number of hydrogen-bond acceptors (Lipinski definition) is 6. The van der Waals surface area contributed by atoms with E-state index in [9.17, 15) is 36.0 Å². The first-order chi connectivity index (χ1) is 21.9. The van der Waals surface area contributed by atoms with E-state index in [1.807, 2.05) is 83.5 Å². The third-order valence-corrected chi connectivity index (χ3v) is 9.52. The highest BCUT2D eigenvalue weighted by Gasteiger charge is 2.41. The molecule has 0 saturated carbocycles. The zero-order chi connectivity index (χ0) is 36.8. The lowest BCUT2D eigenvalue weighted by molar-refractivity contribution is -0.141. The van der Waals surface area contributed by atoms with E-state index in [2.05, 4.69) is 10.6 Å². The van der Waals surface area contributed by atoms with Crippen LogP contribution in [-0.2, 0) is 41.8 Å². The summed E-state index contributed by atoms with van der Waals surface area (Å²) in [5.74, 6) is -2.84. The van der Waals surface area contributed by atoms with Gasteiger partial charge in [0.25, 0.3) is 5.91 Å². The number of carbonyl (C=O) groups excluding carboxylic acids is 3. The van der Waals surface area contributed by atoms with Crippen molar-refractivity contribution < 1.29 is 36.0 Å². The van der Waals surface area contributed by atoms with Crippen molar-refractivity contribution in [2.45, 2.75) is 90.9 Å². The van der Waals surface area contributed by atoms with Crippen LogP contribution in [0.2, 0.25) is 0 Å². The van der Waals surface area contributed by atoms with Crippen LogP contribution < -0.4 is 15.4 Å². The minimum atomic E-state index is -4.65. The Kier molecular flexibility index (Phi) is 13.2. The van der Waals surface area contributed by atoms with E-state index in [0.29, 0.717) is 6.07 Å². The van der Waals surface area contributed by atoms with Gasteiger partial charge < -0.3 is 15.5 Å². The van der Waals surface area contributed by atoms with Gasteiger partial charge in [-0.3, -0.25) is 14.4 Å². The molecule has 0 saturated heterocycles. The Morgan fingerprint density at radius 2 is 1.46 bits per heavy atom. The fraction of sp³-hybridized carbons (Fsp3) is 0.514. The van der Waals surface area contributed by atoms with Gasteiger partial charge >= 0.3 is 6.18 Å². The molecule has 2 aromatic carbocycles. The molecule has 0 aromatic heterocycles. The molecule has 0 spiro atoms. The highest BCUT2D eigenvalue weighted by molar-refractivity contribution is 7.89. The number of benzene rings is 2. The lowest BCUT2D eigenvalue weighted by Gasteiger charge is -2.40. The van der Waals surface area contributed by atoms with Crippen LogP contribution in [0.15, 0.2) is 66.2 Å². The number of amides is 3. The summed E-state index contributed by atoms with van der Waals surface area (Å²) in [5, 5.41) is 6.06. The first kappa shape index (κ1) is 40.5. The molecule has 48 heavy (non-hydrogen) atoms. The summed E-state index contributed by atoms with van der Waals surface area (Å²) in [6.45, 7) is 14.4.